The van der Waals surface area contributed by atoms with Crippen LogP contribution in [0.3, 0.4) is 0 Å². The first kappa shape index (κ1) is 16.7. The number of nitrogens with two attached hydrogens (primary N) is 1. The summed E-state index contributed by atoms with van der Waals surface area (Å²) in [6.45, 7) is 7.20. The summed E-state index contributed by atoms with van der Waals surface area (Å²) in [6, 6.07) is 0.184. The van der Waals surface area contributed by atoms with Gasteiger partial charge >= 0.3 is 0 Å². The van der Waals surface area contributed by atoms with E-state index in [1.54, 1.807) is 0 Å². The molecule has 0 bridgehead atoms. The van der Waals surface area contributed by atoms with E-state index in [-0.39, 0.29) is 24.4 Å². The van der Waals surface area contributed by atoms with Gasteiger partial charge < -0.3 is 11.1 Å². The fraction of sp³-hybridized carbons (Fsp3) is 0.917. The molecule has 4 nitrogen and oxygen atoms in total. The summed E-state index contributed by atoms with van der Waals surface area (Å²) in [5, 5.41) is 2.97. The van der Waals surface area contributed by atoms with E-state index < -0.39 is 0 Å². The molecule has 1 fully saturated rings. The van der Waals surface area contributed by atoms with Crippen molar-refractivity contribution in [3.05, 3.63) is 0 Å². The second-order valence-electron chi connectivity index (χ2n) is 4.56. The van der Waals surface area contributed by atoms with E-state index in [4.69, 9.17) is 5.73 Å². The summed E-state index contributed by atoms with van der Waals surface area (Å²) in [7, 11) is 0. The van der Waals surface area contributed by atoms with E-state index >= 15 is 0 Å². The van der Waals surface area contributed by atoms with Gasteiger partial charge in [0.1, 0.15) is 0 Å². The number of halogens is 1. The Hall–Kier alpha value is -0.320. The summed E-state index contributed by atoms with van der Waals surface area (Å²) in [5.41, 5.74) is 5.75. The molecule has 17 heavy (non-hydrogen) atoms. The first-order valence-corrected chi connectivity index (χ1v) is 6.46. The first-order valence-electron chi connectivity index (χ1n) is 6.46. The van der Waals surface area contributed by atoms with Gasteiger partial charge in [-0.1, -0.05) is 20.3 Å². The third-order valence-electron chi connectivity index (χ3n) is 3.35. The van der Waals surface area contributed by atoms with Gasteiger partial charge in [0.15, 0.2) is 0 Å². The van der Waals surface area contributed by atoms with Crippen molar-refractivity contribution in [3.8, 4) is 0 Å². The van der Waals surface area contributed by atoms with Crippen molar-refractivity contribution in [2.24, 2.45) is 5.73 Å². The van der Waals surface area contributed by atoms with Crippen LogP contribution >= 0.6 is 12.4 Å². The number of hydrogen-bond acceptors (Lipinski definition) is 3. The number of carbonyl (C=O) groups excluding carboxylic acids is 1. The van der Waals surface area contributed by atoms with Gasteiger partial charge in [-0.15, -0.1) is 12.4 Å². The largest absolute Gasteiger partial charge is 0.353 e. The molecule has 1 amide bonds. The van der Waals surface area contributed by atoms with Crippen LogP contribution in [0.2, 0.25) is 0 Å². The van der Waals surface area contributed by atoms with Gasteiger partial charge in [-0.3, -0.25) is 9.69 Å². The van der Waals surface area contributed by atoms with Crippen LogP contribution in [-0.4, -0.2) is 42.5 Å². The lowest BCUT2D eigenvalue weighted by atomic mass is 10.1. The molecule has 0 aromatic heterocycles. The van der Waals surface area contributed by atoms with Crippen LogP contribution in [0.15, 0.2) is 0 Å². The molecular formula is C12H26ClN3O. The second kappa shape index (κ2) is 8.72. The first-order chi connectivity index (χ1) is 7.69. The predicted molar refractivity (Wildman–Crippen MR) is 73.4 cm³/mol. The van der Waals surface area contributed by atoms with Crippen LogP contribution in [0.5, 0.6) is 0 Å². The zero-order valence-corrected chi connectivity index (χ0v) is 11.8. The zero-order valence-electron chi connectivity index (χ0n) is 10.9. The van der Waals surface area contributed by atoms with Gasteiger partial charge in [-0.05, 0) is 32.4 Å². The maximum absolute atomic E-state index is 11.6. The highest BCUT2D eigenvalue weighted by molar-refractivity contribution is 5.85. The number of likely N-dealkylation sites (tertiary alicyclic amines) is 1. The van der Waals surface area contributed by atoms with E-state index in [1.165, 1.54) is 12.8 Å². The van der Waals surface area contributed by atoms with Crippen LogP contribution in [0.1, 0.15) is 39.5 Å². The number of amides is 1. The summed E-state index contributed by atoms with van der Waals surface area (Å²) >= 11 is 0. The normalized spacial score (nSPS) is 21.9. The quantitative estimate of drug-likeness (QED) is 0.756. The minimum Gasteiger partial charge on any atom is -0.353 e. The van der Waals surface area contributed by atoms with Crippen molar-refractivity contribution < 1.29 is 4.79 Å². The number of carbonyl (C=O) groups is 1. The Morgan fingerprint density at radius 1 is 1.53 bits per heavy atom. The fourth-order valence-electron chi connectivity index (χ4n) is 2.33. The average molecular weight is 264 g/mol. The Balaban J connectivity index is 0.00000256. The van der Waals surface area contributed by atoms with E-state index in [2.05, 4.69) is 17.1 Å². The zero-order chi connectivity index (χ0) is 12.0. The number of hydrogen-bond donors (Lipinski definition) is 2. The van der Waals surface area contributed by atoms with Gasteiger partial charge in [-0.2, -0.15) is 0 Å². The highest BCUT2D eigenvalue weighted by Gasteiger charge is 2.23. The van der Waals surface area contributed by atoms with Gasteiger partial charge in [0.05, 0.1) is 6.04 Å². The lowest BCUT2D eigenvalue weighted by Crippen LogP contribution is -2.46. The number of rotatable bonds is 6. The second-order valence-corrected chi connectivity index (χ2v) is 4.56. The van der Waals surface area contributed by atoms with Crippen molar-refractivity contribution in [1.29, 1.82) is 0 Å². The van der Waals surface area contributed by atoms with Gasteiger partial charge in [0, 0.05) is 12.6 Å². The average Bonchev–Trinajstić information content (AvgIpc) is 2.73. The van der Waals surface area contributed by atoms with Crippen LogP contribution < -0.4 is 11.1 Å². The van der Waals surface area contributed by atoms with E-state index in [9.17, 15) is 4.79 Å². The standard InChI is InChI=1S/C12H25N3O.ClH/c1-3-6-11(13)12(16)14-9-10-7-5-8-15(10)4-2;/h10-11H,3-9,13H2,1-2H3,(H,14,16);1H. The molecule has 102 valence electrons. The molecule has 0 spiro atoms. The van der Waals surface area contributed by atoms with Crippen molar-refractivity contribution in [2.45, 2.75) is 51.6 Å². The van der Waals surface area contributed by atoms with E-state index in [0.717, 1.165) is 32.5 Å². The molecule has 1 saturated heterocycles. The molecule has 0 saturated carbocycles. The SMILES string of the molecule is CCCC(N)C(=O)NCC1CCCN1CC.Cl. The molecule has 1 aliphatic heterocycles. The summed E-state index contributed by atoms with van der Waals surface area (Å²) in [6.07, 6.45) is 4.17. The lowest BCUT2D eigenvalue weighted by Gasteiger charge is -2.23. The van der Waals surface area contributed by atoms with Crippen molar-refractivity contribution in [2.75, 3.05) is 19.6 Å². The number of nitrogens with one attached hydrogen (secondary N) is 1. The van der Waals surface area contributed by atoms with E-state index in [1.807, 2.05) is 6.92 Å². The maximum Gasteiger partial charge on any atom is 0.236 e. The van der Waals surface area contributed by atoms with Crippen LogP contribution in [0, 0.1) is 0 Å². The monoisotopic (exact) mass is 263 g/mol. The van der Waals surface area contributed by atoms with Crippen LogP contribution in [-0.2, 0) is 4.79 Å². The third-order valence-corrected chi connectivity index (χ3v) is 3.35. The van der Waals surface area contributed by atoms with Gasteiger partial charge in [0.25, 0.3) is 0 Å². The molecule has 5 heteroatoms. The highest BCUT2D eigenvalue weighted by Crippen LogP contribution is 2.15. The molecule has 0 aromatic carbocycles. The van der Waals surface area contributed by atoms with Crippen molar-refractivity contribution in [3.63, 3.8) is 0 Å². The minimum atomic E-state index is -0.332. The molecule has 1 rings (SSSR count). The molecule has 2 unspecified atom stereocenters. The molecule has 3 N–H and O–H groups in total. The molecule has 0 aliphatic carbocycles. The van der Waals surface area contributed by atoms with Crippen molar-refractivity contribution >= 4 is 18.3 Å². The Kier molecular flexibility index (Phi) is 8.56. The summed E-state index contributed by atoms with van der Waals surface area (Å²) in [5.74, 6) is 0.00445. The maximum atomic E-state index is 11.6. The Labute approximate surface area is 111 Å². The molecule has 0 aromatic rings. The van der Waals surface area contributed by atoms with Crippen LogP contribution in [0.25, 0.3) is 0 Å². The molecular weight excluding hydrogens is 238 g/mol. The Morgan fingerprint density at radius 3 is 2.82 bits per heavy atom. The summed E-state index contributed by atoms with van der Waals surface area (Å²) < 4.78 is 0. The van der Waals surface area contributed by atoms with Crippen molar-refractivity contribution in [1.82, 2.24) is 10.2 Å². The van der Waals surface area contributed by atoms with E-state index in [0.29, 0.717) is 6.04 Å². The number of nitrogens with zero attached hydrogens (tertiary/aromatic N) is 1. The van der Waals surface area contributed by atoms with Crippen LogP contribution in [0.4, 0.5) is 0 Å². The summed E-state index contributed by atoms with van der Waals surface area (Å²) in [4.78, 5) is 14.1. The van der Waals surface area contributed by atoms with Gasteiger partial charge in [0.2, 0.25) is 5.91 Å². The topological polar surface area (TPSA) is 58.4 Å². The Bertz CT molecular complexity index is 226. The highest BCUT2D eigenvalue weighted by atomic mass is 35.5. The smallest absolute Gasteiger partial charge is 0.236 e. The fourth-order valence-corrected chi connectivity index (χ4v) is 2.33. The predicted octanol–water partition coefficient (Wildman–Crippen LogP) is 1.14. The molecule has 1 heterocycles. The minimum absolute atomic E-state index is 0. The number of likely N-dealkylation sites (N-methyl/N-ethyl adjacent to an activating group) is 1. The van der Waals surface area contributed by atoms with Gasteiger partial charge in [-0.25, -0.2) is 0 Å². The molecule has 0 radical (unpaired) electrons. The third kappa shape index (κ3) is 5.23. The molecule has 2 atom stereocenters. The Morgan fingerprint density at radius 2 is 2.24 bits per heavy atom. The molecule has 1 aliphatic rings. The lowest BCUT2D eigenvalue weighted by molar-refractivity contribution is -0.122.